The Morgan fingerprint density at radius 1 is 0.714 bits per heavy atom. The number of unbranched alkanes of at least 4 members (excludes halogenated alkanes) is 6. The molecule has 1 aromatic rings. The number of hydrogen-bond donors (Lipinski definition) is 1. The number of hydrogen-bond acceptors (Lipinski definition) is 3. The molecule has 0 aromatic heterocycles. The molecule has 0 saturated heterocycles. The molecule has 1 aliphatic rings. The van der Waals surface area contributed by atoms with Crippen LogP contribution in [0, 0.1) is 42.4 Å². The Morgan fingerprint density at radius 2 is 1.23 bits per heavy atom. The van der Waals surface area contributed by atoms with Gasteiger partial charge in [0.2, 0.25) is 0 Å². The van der Waals surface area contributed by atoms with E-state index in [0.717, 1.165) is 30.9 Å². The van der Waals surface area contributed by atoms with Crippen molar-refractivity contribution in [3.8, 4) is 35.5 Å². The van der Waals surface area contributed by atoms with E-state index < -0.39 is 0 Å². The zero-order chi connectivity index (χ0) is 25.1. The van der Waals surface area contributed by atoms with Gasteiger partial charge in [0, 0.05) is 12.8 Å². The van der Waals surface area contributed by atoms with Gasteiger partial charge in [-0.1, -0.05) is 94.5 Å². The molecule has 1 aromatic carbocycles. The molecule has 0 fully saturated rings. The highest BCUT2D eigenvalue weighted by molar-refractivity contribution is 6.02. The predicted molar refractivity (Wildman–Crippen MR) is 156 cm³/mol. The number of amidine groups is 2. The fourth-order valence-electron chi connectivity index (χ4n) is 3.60. The second kappa shape index (κ2) is 19.4. The maximum Gasteiger partial charge on any atom is 0.148 e. The summed E-state index contributed by atoms with van der Waals surface area (Å²) in [5, 5.41) is 3.50. The van der Waals surface area contributed by atoms with E-state index >= 15 is 0 Å². The summed E-state index contributed by atoms with van der Waals surface area (Å²) in [7, 11) is 0. The van der Waals surface area contributed by atoms with Gasteiger partial charge in [-0.15, -0.1) is 0 Å². The van der Waals surface area contributed by atoms with Crippen LogP contribution in [0.1, 0.15) is 111 Å². The lowest BCUT2D eigenvalue weighted by Gasteiger charge is -2.26. The molecule has 35 heavy (non-hydrogen) atoms. The predicted octanol–water partition coefficient (Wildman–Crippen LogP) is 7.88. The minimum absolute atomic E-state index is 0. The third kappa shape index (κ3) is 16.3. The molecule has 0 spiro atoms. The summed E-state index contributed by atoms with van der Waals surface area (Å²) in [4.78, 5) is 9.59. The number of aliphatic imine (C=N–C) groups is 2. The molecule has 0 radical (unpaired) electrons. The maximum absolute atomic E-state index is 4.80. The number of rotatable bonds is 11. The molecule has 3 heteroatoms. The number of nitrogens with one attached hydrogen (secondary N) is 1. The van der Waals surface area contributed by atoms with E-state index in [4.69, 9.17) is 9.98 Å². The summed E-state index contributed by atoms with van der Waals surface area (Å²) in [6, 6.07) is 8.81. The molecule has 1 N–H and O–H groups in total. The standard InChI is InChI=1S/C23H37N3.C8H6.CH4/c1-5-6-7-8-9-10-11-12-21-24-22(26-23(3,4)25-21)18-17-20-15-13-19(2)14-16-20;1-3-5-7-8-6-4-2;/h13-16H,5-12,17-18H2,1-4H3,(H,24,25,26);1-2H3;1H4. The Kier molecular flexibility index (Phi) is 17.7. The second-order valence-electron chi connectivity index (χ2n) is 9.09. The van der Waals surface area contributed by atoms with Crippen molar-refractivity contribution in [1.29, 1.82) is 0 Å². The Balaban J connectivity index is 0.00000111. The van der Waals surface area contributed by atoms with Crippen LogP contribution in [0.2, 0.25) is 0 Å². The van der Waals surface area contributed by atoms with Crippen LogP contribution in [-0.4, -0.2) is 17.3 Å². The molecular formula is C32H47N3. The maximum atomic E-state index is 4.80. The van der Waals surface area contributed by atoms with Gasteiger partial charge in [0.05, 0.1) is 0 Å². The first-order valence-corrected chi connectivity index (χ1v) is 12.7. The molecule has 1 heterocycles. The molecule has 0 saturated carbocycles. The lowest BCUT2D eigenvalue weighted by Crippen LogP contribution is -2.39. The van der Waals surface area contributed by atoms with Crippen molar-refractivity contribution in [1.82, 2.24) is 5.32 Å². The van der Waals surface area contributed by atoms with Gasteiger partial charge in [-0.25, -0.2) is 9.98 Å². The largest absolute Gasteiger partial charge is 0.332 e. The fourth-order valence-corrected chi connectivity index (χ4v) is 3.60. The number of nitrogens with zero attached hydrogens (tertiary/aromatic N) is 2. The molecule has 0 aliphatic carbocycles. The van der Waals surface area contributed by atoms with Crippen LogP contribution in [-0.2, 0) is 6.42 Å². The smallest absolute Gasteiger partial charge is 0.148 e. The van der Waals surface area contributed by atoms with Crippen molar-refractivity contribution in [2.24, 2.45) is 9.98 Å². The van der Waals surface area contributed by atoms with Crippen molar-refractivity contribution >= 4 is 11.7 Å². The van der Waals surface area contributed by atoms with Crippen LogP contribution >= 0.6 is 0 Å². The van der Waals surface area contributed by atoms with E-state index in [2.05, 4.69) is 92.8 Å². The zero-order valence-corrected chi connectivity index (χ0v) is 22.3. The quantitative estimate of drug-likeness (QED) is 0.257. The fraction of sp³-hybridized carbons (Fsp3) is 0.562. The SMILES string of the molecule is C.CC#CC#CC#CC.CCCCCCCCCC1=NC(C)(C)N=C(CCc2ccc(C)cc2)N1. The van der Waals surface area contributed by atoms with Crippen molar-refractivity contribution in [2.75, 3.05) is 0 Å². The number of benzene rings is 1. The van der Waals surface area contributed by atoms with Gasteiger partial charge in [0.15, 0.2) is 0 Å². The lowest BCUT2D eigenvalue weighted by molar-refractivity contribution is 0.533. The van der Waals surface area contributed by atoms with Crippen molar-refractivity contribution in [3.63, 3.8) is 0 Å². The average molecular weight is 474 g/mol. The molecular weight excluding hydrogens is 426 g/mol. The van der Waals surface area contributed by atoms with Crippen molar-refractivity contribution in [2.45, 2.75) is 119 Å². The van der Waals surface area contributed by atoms with Gasteiger partial charge in [-0.3, -0.25) is 0 Å². The van der Waals surface area contributed by atoms with E-state index in [1.165, 1.54) is 56.1 Å². The molecule has 0 bridgehead atoms. The highest BCUT2D eigenvalue weighted by Crippen LogP contribution is 2.18. The van der Waals surface area contributed by atoms with Gasteiger partial charge in [0.1, 0.15) is 17.3 Å². The lowest BCUT2D eigenvalue weighted by atomic mass is 10.1. The average Bonchev–Trinajstić information content (AvgIpc) is 2.80. The first kappa shape index (κ1) is 32.0. The molecule has 190 valence electrons. The van der Waals surface area contributed by atoms with E-state index in [0.29, 0.717) is 0 Å². The van der Waals surface area contributed by atoms with E-state index in [9.17, 15) is 0 Å². The second-order valence-corrected chi connectivity index (χ2v) is 9.09. The van der Waals surface area contributed by atoms with Gasteiger partial charge in [-0.05, 0) is 76.7 Å². The van der Waals surface area contributed by atoms with Gasteiger partial charge < -0.3 is 5.32 Å². The minimum Gasteiger partial charge on any atom is -0.332 e. The summed E-state index contributed by atoms with van der Waals surface area (Å²) >= 11 is 0. The highest BCUT2D eigenvalue weighted by Gasteiger charge is 2.22. The van der Waals surface area contributed by atoms with Gasteiger partial charge in [0.25, 0.3) is 0 Å². The minimum atomic E-state index is -0.329. The molecule has 0 amide bonds. The van der Waals surface area contributed by atoms with Crippen LogP contribution in [0.25, 0.3) is 0 Å². The van der Waals surface area contributed by atoms with Gasteiger partial charge in [-0.2, -0.15) is 0 Å². The normalized spacial score (nSPS) is 12.7. The Bertz CT molecular complexity index is 937. The molecule has 0 unspecified atom stereocenters. The van der Waals surface area contributed by atoms with Crippen molar-refractivity contribution in [3.05, 3.63) is 35.4 Å². The Hall–Kier alpha value is -2.96. The topological polar surface area (TPSA) is 36.8 Å². The van der Waals surface area contributed by atoms with Gasteiger partial charge >= 0.3 is 0 Å². The summed E-state index contributed by atoms with van der Waals surface area (Å²) < 4.78 is 0. The molecule has 3 nitrogen and oxygen atoms in total. The van der Waals surface area contributed by atoms with Crippen LogP contribution in [0.15, 0.2) is 34.3 Å². The first-order valence-electron chi connectivity index (χ1n) is 12.7. The number of aryl methyl sites for hydroxylation is 2. The summed E-state index contributed by atoms with van der Waals surface area (Å²) in [5.74, 6) is 17.7. The summed E-state index contributed by atoms with van der Waals surface area (Å²) in [6.45, 7) is 12.1. The van der Waals surface area contributed by atoms with E-state index in [-0.39, 0.29) is 13.1 Å². The Morgan fingerprint density at radius 3 is 1.77 bits per heavy atom. The van der Waals surface area contributed by atoms with E-state index in [1.807, 2.05) is 0 Å². The molecule has 2 rings (SSSR count). The monoisotopic (exact) mass is 473 g/mol. The van der Waals surface area contributed by atoms with Crippen LogP contribution in [0.5, 0.6) is 0 Å². The van der Waals surface area contributed by atoms with Crippen molar-refractivity contribution < 1.29 is 0 Å². The zero-order valence-electron chi connectivity index (χ0n) is 22.3. The third-order valence-corrected chi connectivity index (χ3v) is 5.33. The molecule has 0 atom stereocenters. The van der Waals surface area contributed by atoms with Crippen LogP contribution in [0.3, 0.4) is 0 Å². The molecule has 1 aliphatic heterocycles. The highest BCUT2D eigenvalue weighted by atomic mass is 15.2. The summed E-state index contributed by atoms with van der Waals surface area (Å²) in [6.07, 6.45) is 12.4. The third-order valence-electron chi connectivity index (χ3n) is 5.33. The first-order chi connectivity index (χ1) is 16.4. The van der Waals surface area contributed by atoms with E-state index in [1.54, 1.807) is 13.8 Å². The van der Waals surface area contributed by atoms with Crippen LogP contribution in [0.4, 0.5) is 0 Å². The summed E-state index contributed by atoms with van der Waals surface area (Å²) in [5.41, 5.74) is 2.35. The van der Waals surface area contributed by atoms with Crippen LogP contribution < -0.4 is 5.32 Å². The Labute approximate surface area is 216 Å².